The molecule has 0 amide bonds. The fraction of sp³-hybridized carbons (Fsp3) is 0.0588. The fourth-order valence-corrected chi connectivity index (χ4v) is 2.32. The number of nitrogens with zero attached hydrogens (tertiary/aromatic N) is 2. The molecule has 0 bridgehead atoms. The van der Waals surface area contributed by atoms with Crippen LogP contribution in [0.25, 0.3) is 22.7 Å². The molecule has 3 aromatic rings. The number of rotatable bonds is 4. The van der Waals surface area contributed by atoms with Crippen LogP contribution in [0.3, 0.4) is 0 Å². The Labute approximate surface area is 136 Å². The smallest absolute Gasteiger partial charge is 0.339 e. The highest BCUT2D eigenvalue weighted by molar-refractivity contribution is 5.72. The van der Waals surface area contributed by atoms with Crippen molar-refractivity contribution in [2.75, 3.05) is 7.11 Å². The maximum Gasteiger partial charge on any atom is 0.339 e. The highest BCUT2D eigenvalue weighted by Crippen LogP contribution is 2.31. The van der Waals surface area contributed by atoms with Gasteiger partial charge in [-0.1, -0.05) is 24.3 Å². The van der Waals surface area contributed by atoms with Gasteiger partial charge in [0.25, 0.3) is 5.69 Å². The largest absolute Gasteiger partial charge is 0.496 e. The lowest BCUT2D eigenvalue weighted by Crippen LogP contribution is -2.04. The van der Waals surface area contributed by atoms with Crippen molar-refractivity contribution in [3.05, 3.63) is 75.1 Å². The second-order valence-corrected chi connectivity index (χ2v) is 4.84. The molecule has 0 aliphatic heterocycles. The summed E-state index contributed by atoms with van der Waals surface area (Å²) in [6, 6.07) is 14.1. The third kappa shape index (κ3) is 2.87. The van der Waals surface area contributed by atoms with Crippen LogP contribution >= 0.6 is 0 Å². The normalized spacial score (nSPS) is 10.4. The van der Waals surface area contributed by atoms with Gasteiger partial charge in [0.05, 0.1) is 34.9 Å². The van der Waals surface area contributed by atoms with Gasteiger partial charge in [-0.25, -0.2) is 9.78 Å². The Morgan fingerprint density at radius 2 is 1.75 bits per heavy atom. The van der Waals surface area contributed by atoms with Crippen LogP contribution in [0.15, 0.2) is 63.8 Å². The molecule has 7 heteroatoms. The van der Waals surface area contributed by atoms with Crippen LogP contribution in [0.2, 0.25) is 0 Å². The minimum atomic E-state index is -0.654. The third-order valence-electron chi connectivity index (χ3n) is 3.39. The van der Waals surface area contributed by atoms with E-state index in [-0.39, 0.29) is 22.8 Å². The Balaban J connectivity index is 2.22. The standard InChI is InChI=1S/C17H12N2O5/c1-23-15-9-5-3-7-12(15)17-18-13(10-16(20)24-17)11-6-2-4-8-14(11)19(21)22/h2-10H,1H3. The molecule has 3 rings (SSSR count). The monoisotopic (exact) mass is 324 g/mol. The van der Waals surface area contributed by atoms with Crippen LogP contribution < -0.4 is 10.4 Å². The highest BCUT2D eigenvalue weighted by Gasteiger charge is 2.18. The minimum Gasteiger partial charge on any atom is -0.496 e. The first-order valence-electron chi connectivity index (χ1n) is 6.99. The summed E-state index contributed by atoms with van der Waals surface area (Å²) in [5, 5.41) is 11.2. The van der Waals surface area contributed by atoms with Gasteiger partial charge in [-0.3, -0.25) is 10.1 Å². The molecule has 0 fully saturated rings. The molecule has 1 heterocycles. The second kappa shape index (κ2) is 6.33. The summed E-state index contributed by atoms with van der Waals surface area (Å²) < 4.78 is 10.4. The minimum absolute atomic E-state index is 0.0353. The van der Waals surface area contributed by atoms with Crippen LogP contribution in [-0.4, -0.2) is 17.0 Å². The van der Waals surface area contributed by atoms with E-state index in [1.165, 1.54) is 19.2 Å². The summed E-state index contributed by atoms with van der Waals surface area (Å²) in [6.45, 7) is 0. The van der Waals surface area contributed by atoms with E-state index in [2.05, 4.69) is 4.98 Å². The van der Waals surface area contributed by atoms with Crippen molar-refractivity contribution in [2.24, 2.45) is 0 Å². The predicted molar refractivity (Wildman–Crippen MR) is 86.9 cm³/mol. The van der Waals surface area contributed by atoms with Crippen LogP contribution in [0.5, 0.6) is 5.75 Å². The fourth-order valence-electron chi connectivity index (χ4n) is 2.32. The molecule has 0 saturated carbocycles. The zero-order chi connectivity index (χ0) is 17.1. The van der Waals surface area contributed by atoms with E-state index in [9.17, 15) is 14.9 Å². The zero-order valence-corrected chi connectivity index (χ0v) is 12.6. The van der Waals surface area contributed by atoms with Crippen LogP contribution in [0.4, 0.5) is 5.69 Å². The van der Waals surface area contributed by atoms with E-state index in [0.29, 0.717) is 11.3 Å². The summed E-state index contributed by atoms with van der Waals surface area (Å²) in [4.78, 5) is 26.9. The molecular formula is C17H12N2O5. The van der Waals surface area contributed by atoms with Gasteiger partial charge in [0.2, 0.25) is 5.89 Å². The molecule has 0 radical (unpaired) electrons. The lowest BCUT2D eigenvalue weighted by molar-refractivity contribution is -0.384. The SMILES string of the molecule is COc1ccccc1-c1nc(-c2ccccc2[N+](=O)[O-])cc(=O)o1. The number of aromatic nitrogens is 1. The average molecular weight is 324 g/mol. The number of benzene rings is 2. The molecule has 0 unspecified atom stereocenters. The van der Waals surface area contributed by atoms with Gasteiger partial charge in [-0.05, 0) is 18.2 Å². The summed E-state index contributed by atoms with van der Waals surface area (Å²) in [7, 11) is 1.49. The van der Waals surface area contributed by atoms with Crippen molar-refractivity contribution in [2.45, 2.75) is 0 Å². The van der Waals surface area contributed by atoms with Gasteiger partial charge in [-0.2, -0.15) is 0 Å². The lowest BCUT2D eigenvalue weighted by atomic mass is 10.1. The van der Waals surface area contributed by atoms with E-state index in [0.717, 1.165) is 6.07 Å². The van der Waals surface area contributed by atoms with Gasteiger partial charge < -0.3 is 9.15 Å². The molecule has 24 heavy (non-hydrogen) atoms. The first kappa shape index (κ1) is 15.4. The van der Waals surface area contributed by atoms with Gasteiger partial charge in [0.15, 0.2) is 0 Å². The Morgan fingerprint density at radius 3 is 2.46 bits per heavy atom. The lowest BCUT2D eigenvalue weighted by Gasteiger charge is -2.07. The van der Waals surface area contributed by atoms with E-state index < -0.39 is 10.5 Å². The summed E-state index contributed by atoms with van der Waals surface area (Å²) >= 11 is 0. The molecule has 0 aliphatic rings. The van der Waals surface area contributed by atoms with Gasteiger partial charge in [0.1, 0.15) is 5.75 Å². The Bertz CT molecular complexity index is 965. The number of hydrogen-bond acceptors (Lipinski definition) is 6. The number of hydrogen-bond donors (Lipinski definition) is 0. The number of para-hydroxylation sites is 2. The van der Waals surface area contributed by atoms with Crippen molar-refractivity contribution in [3.8, 4) is 28.5 Å². The number of ether oxygens (including phenoxy) is 1. The summed E-state index contributed by atoms with van der Waals surface area (Å²) in [5.41, 5.74) is 0.101. The van der Waals surface area contributed by atoms with Gasteiger partial charge in [0, 0.05) is 6.07 Å². The molecule has 1 aromatic heterocycles. The zero-order valence-electron chi connectivity index (χ0n) is 12.6. The number of nitro benzene ring substituents is 1. The van der Waals surface area contributed by atoms with Crippen molar-refractivity contribution in [3.63, 3.8) is 0 Å². The number of nitro groups is 1. The van der Waals surface area contributed by atoms with E-state index in [1.807, 2.05) is 0 Å². The maximum absolute atomic E-state index is 11.9. The van der Waals surface area contributed by atoms with Crippen molar-refractivity contribution < 1.29 is 14.1 Å². The van der Waals surface area contributed by atoms with Gasteiger partial charge >= 0.3 is 5.63 Å². The predicted octanol–water partition coefficient (Wildman–Crippen LogP) is 3.29. The first-order valence-corrected chi connectivity index (χ1v) is 6.99. The molecule has 0 atom stereocenters. The quantitative estimate of drug-likeness (QED) is 0.540. The van der Waals surface area contributed by atoms with E-state index >= 15 is 0 Å². The molecule has 120 valence electrons. The van der Waals surface area contributed by atoms with Crippen LogP contribution in [0.1, 0.15) is 0 Å². The average Bonchev–Trinajstić information content (AvgIpc) is 2.61. The molecule has 0 N–H and O–H groups in total. The highest BCUT2D eigenvalue weighted by atomic mass is 16.6. The number of methoxy groups -OCH3 is 1. The Kier molecular flexibility index (Phi) is 4.07. The Morgan fingerprint density at radius 1 is 1.08 bits per heavy atom. The van der Waals surface area contributed by atoms with Crippen molar-refractivity contribution >= 4 is 5.69 Å². The second-order valence-electron chi connectivity index (χ2n) is 4.84. The topological polar surface area (TPSA) is 95.5 Å². The van der Waals surface area contributed by atoms with Crippen molar-refractivity contribution in [1.82, 2.24) is 4.98 Å². The first-order chi connectivity index (χ1) is 11.6. The molecule has 7 nitrogen and oxygen atoms in total. The van der Waals surface area contributed by atoms with E-state index in [1.54, 1.807) is 36.4 Å². The maximum atomic E-state index is 11.9. The van der Waals surface area contributed by atoms with Gasteiger partial charge in [-0.15, -0.1) is 0 Å². The molecule has 0 aliphatic carbocycles. The molecule has 2 aromatic carbocycles. The Hall–Kier alpha value is -3.48. The summed E-state index contributed by atoms with van der Waals surface area (Å²) in [5.74, 6) is 0.515. The van der Waals surface area contributed by atoms with Crippen LogP contribution in [0, 0.1) is 10.1 Å². The molecule has 0 spiro atoms. The summed E-state index contributed by atoms with van der Waals surface area (Å²) in [6.07, 6.45) is 0. The molecule has 0 saturated heterocycles. The van der Waals surface area contributed by atoms with E-state index in [4.69, 9.17) is 9.15 Å². The van der Waals surface area contributed by atoms with Crippen LogP contribution in [-0.2, 0) is 0 Å². The third-order valence-corrected chi connectivity index (χ3v) is 3.39. The van der Waals surface area contributed by atoms with Crippen molar-refractivity contribution in [1.29, 1.82) is 0 Å². The molecular weight excluding hydrogens is 312 g/mol.